The summed E-state index contributed by atoms with van der Waals surface area (Å²) in [5, 5.41) is 13.9. The Morgan fingerprint density at radius 3 is 2.62 bits per heavy atom. The van der Waals surface area contributed by atoms with E-state index < -0.39 is 10.9 Å². The quantitative estimate of drug-likeness (QED) is 0.318. The number of anilines is 1. The Morgan fingerprint density at radius 2 is 1.83 bits per heavy atom. The molecule has 0 bridgehead atoms. The van der Waals surface area contributed by atoms with E-state index in [1.807, 2.05) is 18.2 Å². The Bertz CT molecular complexity index is 899. The minimum atomic E-state index is -0.458. The number of nitro groups is 1. The Balaban J connectivity index is 1.36. The zero-order valence-corrected chi connectivity index (χ0v) is 16.0. The Labute approximate surface area is 168 Å². The number of nitrogens with zero attached hydrogens (tertiary/aromatic N) is 2. The topological polar surface area (TPSA) is 102 Å². The van der Waals surface area contributed by atoms with Gasteiger partial charge in [0.05, 0.1) is 4.92 Å². The molecule has 1 aliphatic rings. The first-order valence-electron chi connectivity index (χ1n) is 9.52. The summed E-state index contributed by atoms with van der Waals surface area (Å²) in [5.74, 6) is -0.661. The van der Waals surface area contributed by atoms with Crippen molar-refractivity contribution >= 4 is 23.3 Å². The highest BCUT2D eigenvalue weighted by Gasteiger charge is 2.21. The van der Waals surface area contributed by atoms with Gasteiger partial charge in [-0.15, -0.1) is 0 Å². The first-order valence-corrected chi connectivity index (χ1v) is 9.52. The van der Waals surface area contributed by atoms with Gasteiger partial charge in [-0.25, -0.2) is 0 Å². The number of fused-ring (bicyclic) bond motifs is 1. The van der Waals surface area contributed by atoms with Crippen LogP contribution in [0, 0.1) is 10.1 Å². The molecule has 8 nitrogen and oxygen atoms in total. The minimum absolute atomic E-state index is 0.0104. The van der Waals surface area contributed by atoms with Gasteiger partial charge in [0.2, 0.25) is 0 Å². The molecule has 0 saturated heterocycles. The number of nitro benzene ring substituents is 1. The molecule has 1 heterocycles. The standard InChI is InChI=1S/C21H23N3O5/c25-20(23-13-11-16-6-1-2-7-17(16)14-23)15-29-21(26)10-5-12-22-18-8-3-4-9-19(18)24(27)28/h1-4,6-9,22H,5,10-15H2. The van der Waals surface area contributed by atoms with Gasteiger partial charge in [-0.05, 0) is 30.0 Å². The summed E-state index contributed by atoms with van der Waals surface area (Å²) >= 11 is 0. The normalized spacial score (nSPS) is 12.8. The van der Waals surface area contributed by atoms with Crippen LogP contribution in [0.15, 0.2) is 48.5 Å². The third-order valence-corrected chi connectivity index (χ3v) is 4.81. The third-order valence-electron chi connectivity index (χ3n) is 4.81. The molecule has 2 aromatic rings. The second-order valence-corrected chi connectivity index (χ2v) is 6.80. The number of hydrogen-bond acceptors (Lipinski definition) is 6. The summed E-state index contributed by atoms with van der Waals surface area (Å²) in [6, 6.07) is 14.3. The number of ether oxygens (including phenoxy) is 1. The van der Waals surface area contributed by atoms with E-state index in [0.29, 0.717) is 31.7 Å². The first-order chi connectivity index (χ1) is 14.0. The van der Waals surface area contributed by atoms with Gasteiger partial charge in [0, 0.05) is 32.1 Å². The lowest BCUT2D eigenvalue weighted by atomic mass is 10.00. The zero-order valence-electron chi connectivity index (χ0n) is 16.0. The van der Waals surface area contributed by atoms with E-state index in [1.54, 1.807) is 23.1 Å². The van der Waals surface area contributed by atoms with E-state index >= 15 is 0 Å². The lowest BCUT2D eigenvalue weighted by molar-refractivity contribution is -0.384. The average Bonchev–Trinajstić information content (AvgIpc) is 2.74. The molecule has 29 heavy (non-hydrogen) atoms. The third kappa shape index (κ3) is 5.54. The molecule has 0 fully saturated rings. The van der Waals surface area contributed by atoms with Crippen LogP contribution in [0.25, 0.3) is 0 Å². The van der Waals surface area contributed by atoms with Crippen molar-refractivity contribution in [2.45, 2.75) is 25.8 Å². The van der Waals surface area contributed by atoms with Gasteiger partial charge in [0.1, 0.15) is 5.69 Å². The first kappa shape index (κ1) is 20.3. The molecule has 0 aliphatic carbocycles. The smallest absolute Gasteiger partial charge is 0.306 e. The van der Waals surface area contributed by atoms with Gasteiger partial charge in [0.25, 0.3) is 11.6 Å². The number of carbonyl (C=O) groups excluding carboxylic acids is 2. The number of amides is 1. The number of rotatable bonds is 8. The lowest BCUT2D eigenvalue weighted by Gasteiger charge is -2.28. The SMILES string of the molecule is O=C(CCCNc1ccccc1[N+](=O)[O-])OCC(=O)N1CCc2ccccc2C1. The van der Waals surface area contributed by atoms with Gasteiger partial charge < -0.3 is 15.0 Å². The Kier molecular flexibility index (Phi) is 6.78. The number of benzene rings is 2. The van der Waals surface area contributed by atoms with Gasteiger partial charge >= 0.3 is 5.97 Å². The van der Waals surface area contributed by atoms with E-state index in [4.69, 9.17) is 4.74 Å². The second kappa shape index (κ2) is 9.68. The lowest BCUT2D eigenvalue weighted by Crippen LogP contribution is -2.38. The van der Waals surface area contributed by atoms with E-state index in [9.17, 15) is 19.7 Å². The molecule has 3 rings (SSSR count). The van der Waals surface area contributed by atoms with Crippen molar-refractivity contribution in [1.29, 1.82) is 0 Å². The summed E-state index contributed by atoms with van der Waals surface area (Å²) in [6.45, 7) is 1.27. The fourth-order valence-electron chi connectivity index (χ4n) is 3.25. The number of para-hydroxylation sites is 2. The van der Waals surface area contributed by atoms with E-state index in [2.05, 4.69) is 11.4 Å². The van der Waals surface area contributed by atoms with Crippen molar-refractivity contribution in [2.24, 2.45) is 0 Å². The van der Waals surface area contributed by atoms with E-state index in [1.165, 1.54) is 11.6 Å². The van der Waals surface area contributed by atoms with Crippen molar-refractivity contribution in [3.63, 3.8) is 0 Å². The van der Waals surface area contributed by atoms with E-state index in [0.717, 1.165) is 12.0 Å². The van der Waals surface area contributed by atoms with Crippen LogP contribution >= 0.6 is 0 Å². The number of esters is 1. The molecule has 8 heteroatoms. The second-order valence-electron chi connectivity index (χ2n) is 6.80. The van der Waals surface area contributed by atoms with Gasteiger partial charge in [-0.3, -0.25) is 19.7 Å². The van der Waals surface area contributed by atoms with Crippen LogP contribution in [-0.2, 0) is 27.3 Å². The van der Waals surface area contributed by atoms with Crippen molar-refractivity contribution in [1.82, 2.24) is 4.90 Å². The molecule has 152 valence electrons. The fraction of sp³-hybridized carbons (Fsp3) is 0.333. The molecule has 1 amide bonds. The Hall–Kier alpha value is -3.42. The van der Waals surface area contributed by atoms with Crippen LogP contribution in [0.3, 0.4) is 0 Å². The summed E-state index contributed by atoms with van der Waals surface area (Å²) in [7, 11) is 0. The van der Waals surface area contributed by atoms with Crippen LogP contribution in [0.1, 0.15) is 24.0 Å². The summed E-state index contributed by atoms with van der Waals surface area (Å²) in [5.41, 5.74) is 2.77. The zero-order chi connectivity index (χ0) is 20.6. The molecule has 0 unspecified atom stereocenters. The van der Waals surface area contributed by atoms with Crippen molar-refractivity contribution in [3.05, 3.63) is 69.8 Å². The molecule has 0 saturated carbocycles. The van der Waals surface area contributed by atoms with Crippen LogP contribution in [-0.4, -0.2) is 41.4 Å². The highest BCUT2D eigenvalue weighted by atomic mass is 16.6. The minimum Gasteiger partial charge on any atom is -0.456 e. The average molecular weight is 397 g/mol. The molecular formula is C21H23N3O5. The summed E-state index contributed by atoms with van der Waals surface area (Å²) < 4.78 is 5.09. The number of nitrogens with one attached hydrogen (secondary N) is 1. The van der Waals surface area contributed by atoms with Crippen LogP contribution in [0.4, 0.5) is 11.4 Å². The van der Waals surface area contributed by atoms with Gasteiger partial charge in [0.15, 0.2) is 6.61 Å². The maximum atomic E-state index is 12.3. The predicted octanol–water partition coefficient (Wildman–Crippen LogP) is 2.92. The van der Waals surface area contributed by atoms with Gasteiger partial charge in [-0.2, -0.15) is 0 Å². The molecule has 0 spiro atoms. The molecule has 0 atom stereocenters. The molecule has 0 aromatic heterocycles. The highest BCUT2D eigenvalue weighted by molar-refractivity contribution is 5.81. The van der Waals surface area contributed by atoms with Crippen LogP contribution in [0.2, 0.25) is 0 Å². The number of carbonyl (C=O) groups is 2. The largest absolute Gasteiger partial charge is 0.456 e. The van der Waals surface area contributed by atoms with Crippen molar-refractivity contribution < 1.29 is 19.2 Å². The molecule has 2 aromatic carbocycles. The Morgan fingerprint density at radius 1 is 1.10 bits per heavy atom. The number of hydrogen-bond donors (Lipinski definition) is 1. The predicted molar refractivity (Wildman–Crippen MR) is 107 cm³/mol. The molecule has 0 radical (unpaired) electrons. The fourth-order valence-corrected chi connectivity index (χ4v) is 3.25. The van der Waals surface area contributed by atoms with E-state index in [-0.39, 0.29) is 24.6 Å². The monoisotopic (exact) mass is 397 g/mol. The molecular weight excluding hydrogens is 374 g/mol. The van der Waals surface area contributed by atoms with Crippen molar-refractivity contribution in [3.8, 4) is 0 Å². The van der Waals surface area contributed by atoms with Crippen LogP contribution in [0.5, 0.6) is 0 Å². The maximum absolute atomic E-state index is 12.3. The van der Waals surface area contributed by atoms with Gasteiger partial charge in [-0.1, -0.05) is 36.4 Å². The molecule has 1 aliphatic heterocycles. The summed E-state index contributed by atoms with van der Waals surface area (Å²) in [4.78, 5) is 36.4. The maximum Gasteiger partial charge on any atom is 0.306 e. The highest BCUT2D eigenvalue weighted by Crippen LogP contribution is 2.23. The van der Waals surface area contributed by atoms with Crippen molar-refractivity contribution in [2.75, 3.05) is 25.0 Å². The summed E-state index contributed by atoms with van der Waals surface area (Å²) in [6.07, 6.45) is 1.37. The molecule has 1 N–H and O–H groups in total. The van der Waals surface area contributed by atoms with Crippen LogP contribution < -0.4 is 5.32 Å².